The fourth-order valence-corrected chi connectivity index (χ4v) is 4.10. The van der Waals surface area contributed by atoms with Crippen LogP contribution < -0.4 is 5.73 Å². The van der Waals surface area contributed by atoms with E-state index >= 15 is 0 Å². The molecule has 0 aliphatic rings. The van der Waals surface area contributed by atoms with Crippen LogP contribution in [-0.2, 0) is 33.6 Å². The van der Waals surface area contributed by atoms with E-state index in [1.807, 2.05) is 96.3 Å². The number of unbranched alkanes of at least 4 members (excludes halogenated alkanes) is 1. The van der Waals surface area contributed by atoms with Gasteiger partial charge >= 0.3 is 0 Å². The van der Waals surface area contributed by atoms with Crippen molar-refractivity contribution in [2.75, 3.05) is 6.54 Å². The number of halogens is 1. The van der Waals surface area contributed by atoms with Gasteiger partial charge in [0.2, 0.25) is 0 Å². The molecule has 3 aromatic rings. The molecule has 0 spiro atoms. The minimum absolute atomic E-state index is 0. The van der Waals surface area contributed by atoms with Gasteiger partial charge in [0.05, 0.1) is 6.54 Å². The molecule has 1 heterocycles. The fraction of sp³-hybridized carbons (Fsp3) is 0.514. The first-order valence-corrected chi connectivity index (χ1v) is 15.9. The van der Waals surface area contributed by atoms with Gasteiger partial charge in [0.1, 0.15) is 23.2 Å². The third kappa shape index (κ3) is 19.5. The third-order valence-electron chi connectivity index (χ3n) is 6.31. The topological polar surface area (TPSA) is 90.1 Å². The summed E-state index contributed by atoms with van der Waals surface area (Å²) in [6.07, 6.45) is 7.96. The Hall–Kier alpha value is -3.25. The van der Waals surface area contributed by atoms with E-state index in [1.54, 1.807) is 6.92 Å². The van der Waals surface area contributed by atoms with Crippen LogP contribution in [-0.4, -0.2) is 28.9 Å². The monoisotopic (exact) mass is 598 g/mol. The number of fused-ring (bicyclic) bond motifs is 1. The minimum Gasteiger partial charge on any atom is -0.324 e. The normalized spacial score (nSPS) is 10.3. The molecule has 43 heavy (non-hydrogen) atoms. The summed E-state index contributed by atoms with van der Waals surface area (Å²) >= 11 is 0. The molecule has 0 bridgehead atoms. The number of Topliss-reactive ketones (excluding diaryl/α,β-unsaturated/α-hetero) is 3. The van der Waals surface area contributed by atoms with Crippen molar-refractivity contribution in [1.82, 2.24) is 4.98 Å². The number of rotatable bonds is 12. The van der Waals surface area contributed by atoms with Gasteiger partial charge in [0.25, 0.3) is 0 Å². The van der Waals surface area contributed by atoms with Gasteiger partial charge in [-0.05, 0) is 61.6 Å². The van der Waals surface area contributed by atoms with Crippen LogP contribution in [0.2, 0.25) is 0 Å². The Labute approximate surface area is 262 Å². The lowest BCUT2D eigenvalue weighted by atomic mass is 9.97. The van der Waals surface area contributed by atoms with E-state index in [-0.39, 0.29) is 31.1 Å². The quantitative estimate of drug-likeness (QED) is 0.210. The Balaban J connectivity index is -0.000000667. The van der Waals surface area contributed by atoms with Gasteiger partial charge in [-0.25, -0.2) is 4.39 Å². The molecule has 0 unspecified atom stereocenters. The van der Waals surface area contributed by atoms with Gasteiger partial charge in [-0.15, -0.1) is 0 Å². The number of aryl methyl sites for hydroxylation is 2. The van der Waals surface area contributed by atoms with Crippen molar-refractivity contribution >= 4 is 28.1 Å². The number of pyridine rings is 1. The Morgan fingerprint density at radius 2 is 1.40 bits per heavy atom. The smallest absolute Gasteiger partial charge is 0.143 e. The molecular formula is C37H59FN2O3. The number of nitrogens with zero attached hydrogens (tertiary/aromatic N) is 1. The molecule has 2 N–H and O–H groups in total. The Morgan fingerprint density at radius 3 is 1.88 bits per heavy atom. The summed E-state index contributed by atoms with van der Waals surface area (Å²) in [6, 6.07) is 15.7. The molecule has 0 saturated heterocycles. The van der Waals surface area contributed by atoms with Crippen LogP contribution in [0, 0.1) is 11.7 Å². The molecule has 5 nitrogen and oxygen atoms in total. The lowest BCUT2D eigenvalue weighted by Gasteiger charge is -2.08. The van der Waals surface area contributed by atoms with Crippen molar-refractivity contribution in [2.24, 2.45) is 11.7 Å². The molecule has 1 atom stereocenters. The Bertz CT molecular complexity index is 1180. The maximum atomic E-state index is 13.3. The summed E-state index contributed by atoms with van der Waals surface area (Å²) < 4.78 is 13.3. The average Bonchev–Trinajstić information content (AvgIpc) is 3.01. The van der Waals surface area contributed by atoms with E-state index in [4.69, 9.17) is 5.73 Å². The van der Waals surface area contributed by atoms with Crippen molar-refractivity contribution in [3.8, 4) is 0 Å². The SMILES string of the molecule is CC.CC.CC(=O)CN.CC(=O)C[C@@H](C)CCCCC(=O)Cc1cc2ccccc2cn1.CCc1cccc(CC)c1F.[HH]. The number of hydrogen-bond donors (Lipinski definition) is 1. The zero-order valence-electron chi connectivity index (χ0n) is 28.3. The molecule has 0 saturated carbocycles. The number of hydrogen-bond acceptors (Lipinski definition) is 5. The molecular weight excluding hydrogens is 539 g/mol. The van der Waals surface area contributed by atoms with Crippen LogP contribution in [0.4, 0.5) is 4.39 Å². The second kappa shape index (κ2) is 26.4. The van der Waals surface area contributed by atoms with Crippen molar-refractivity contribution in [2.45, 2.75) is 114 Å². The summed E-state index contributed by atoms with van der Waals surface area (Å²) in [5.74, 6) is 0.926. The number of nitrogens with two attached hydrogens (primary N) is 1. The number of benzene rings is 2. The largest absolute Gasteiger partial charge is 0.324 e. The zero-order valence-corrected chi connectivity index (χ0v) is 28.3. The lowest BCUT2D eigenvalue weighted by Crippen LogP contribution is -2.07. The molecule has 0 fully saturated rings. The molecule has 0 aliphatic carbocycles. The van der Waals surface area contributed by atoms with Gasteiger partial charge in [-0.3, -0.25) is 14.6 Å². The molecule has 3 rings (SSSR count). The first-order chi connectivity index (χ1) is 20.6. The second-order valence-corrected chi connectivity index (χ2v) is 10.00. The summed E-state index contributed by atoms with van der Waals surface area (Å²) in [6.45, 7) is 17.3. The summed E-state index contributed by atoms with van der Waals surface area (Å²) in [5.41, 5.74) is 7.31. The molecule has 6 heteroatoms. The van der Waals surface area contributed by atoms with Crippen molar-refractivity contribution in [3.63, 3.8) is 0 Å². The van der Waals surface area contributed by atoms with Crippen molar-refractivity contribution < 1.29 is 20.2 Å². The van der Waals surface area contributed by atoms with E-state index in [1.165, 1.54) is 6.92 Å². The highest BCUT2D eigenvalue weighted by Crippen LogP contribution is 2.16. The Morgan fingerprint density at radius 1 is 0.860 bits per heavy atom. The van der Waals surface area contributed by atoms with E-state index in [2.05, 4.69) is 11.9 Å². The first kappa shape index (κ1) is 41.9. The van der Waals surface area contributed by atoms with E-state index in [9.17, 15) is 18.8 Å². The maximum Gasteiger partial charge on any atom is 0.143 e. The van der Waals surface area contributed by atoms with Crippen LogP contribution in [0.3, 0.4) is 0 Å². The summed E-state index contributed by atoms with van der Waals surface area (Å²) in [7, 11) is 0. The van der Waals surface area contributed by atoms with Crippen LogP contribution in [0.25, 0.3) is 10.8 Å². The van der Waals surface area contributed by atoms with Gasteiger partial charge in [0, 0.05) is 38.0 Å². The standard InChI is InChI=1S/C20H25NO2.C10H13F.C3H7NO.2C2H6.H2/c1-15(11-16(2)22)7-3-6-10-20(23)13-19-12-17-8-4-5-9-18(17)14-21-19;1-3-8-6-5-7-9(4-2)10(8)11;1-3(5)2-4;2*1-2;/h4-5,8-9,12,14-15H,3,6-7,10-11,13H2,1-2H3;5-7H,3-4H2,1-2H3;2,4H2,1H3;2*1-2H3;1H/t15-;;;;;/m0...../s1. The number of carbonyl (C=O) groups excluding carboxylic acids is 3. The number of ketones is 3. The Kier molecular flexibility index (Phi) is 25.7. The van der Waals surface area contributed by atoms with Crippen LogP contribution in [0.1, 0.15) is 113 Å². The third-order valence-corrected chi connectivity index (χ3v) is 6.31. The lowest BCUT2D eigenvalue weighted by molar-refractivity contribution is -0.119. The fourth-order valence-electron chi connectivity index (χ4n) is 4.10. The van der Waals surface area contributed by atoms with Gasteiger partial charge in [0.15, 0.2) is 0 Å². The van der Waals surface area contributed by atoms with Crippen molar-refractivity contribution in [1.29, 1.82) is 0 Å². The zero-order chi connectivity index (χ0) is 33.2. The highest BCUT2D eigenvalue weighted by molar-refractivity contribution is 5.84. The molecule has 2 aromatic carbocycles. The van der Waals surface area contributed by atoms with Gasteiger partial charge in [-0.1, -0.05) is 104 Å². The highest BCUT2D eigenvalue weighted by atomic mass is 19.1. The molecule has 1 aromatic heterocycles. The predicted octanol–water partition coefficient (Wildman–Crippen LogP) is 9.31. The minimum atomic E-state index is -0.0162. The van der Waals surface area contributed by atoms with Crippen molar-refractivity contribution in [3.05, 3.63) is 77.4 Å². The first-order valence-electron chi connectivity index (χ1n) is 15.9. The molecule has 0 amide bonds. The summed E-state index contributed by atoms with van der Waals surface area (Å²) in [5, 5.41) is 2.23. The number of aromatic nitrogens is 1. The van der Waals surface area contributed by atoms with E-state index in [0.717, 1.165) is 59.7 Å². The van der Waals surface area contributed by atoms with Crippen LogP contribution in [0.5, 0.6) is 0 Å². The second-order valence-electron chi connectivity index (χ2n) is 10.00. The highest BCUT2D eigenvalue weighted by Gasteiger charge is 2.08. The maximum absolute atomic E-state index is 13.3. The molecule has 242 valence electrons. The van der Waals surface area contributed by atoms with E-state index < -0.39 is 0 Å². The van der Waals surface area contributed by atoms with Crippen LogP contribution in [0.15, 0.2) is 54.7 Å². The molecule has 0 radical (unpaired) electrons. The summed E-state index contributed by atoms with van der Waals surface area (Å²) in [4.78, 5) is 37.2. The predicted molar refractivity (Wildman–Crippen MR) is 183 cm³/mol. The average molecular weight is 599 g/mol. The number of carbonyl (C=O) groups is 3. The van der Waals surface area contributed by atoms with E-state index in [0.29, 0.717) is 25.2 Å². The molecule has 0 aliphatic heterocycles. The van der Waals surface area contributed by atoms with Gasteiger partial charge in [-0.2, -0.15) is 0 Å². The van der Waals surface area contributed by atoms with Gasteiger partial charge < -0.3 is 10.5 Å². The van der Waals surface area contributed by atoms with Crippen LogP contribution >= 0.6 is 0 Å².